The minimum atomic E-state index is -1.09. The molecule has 4 rings (SSSR count). The van der Waals surface area contributed by atoms with Crippen molar-refractivity contribution < 1.29 is 29.0 Å². The van der Waals surface area contributed by atoms with Gasteiger partial charge >= 0.3 is 5.97 Å². The number of pyridine rings is 1. The first kappa shape index (κ1) is 32.1. The molecule has 3 heterocycles. The summed E-state index contributed by atoms with van der Waals surface area (Å²) in [5.41, 5.74) is 5.49. The number of ether oxygens (including phenoxy) is 1. The number of hydrogen-bond acceptors (Lipinski definition) is 8. The van der Waals surface area contributed by atoms with E-state index in [4.69, 9.17) is 9.72 Å². The van der Waals surface area contributed by atoms with Crippen molar-refractivity contribution in [2.24, 2.45) is 5.92 Å². The van der Waals surface area contributed by atoms with Gasteiger partial charge < -0.3 is 20.5 Å². The minimum absolute atomic E-state index is 0.0336. The van der Waals surface area contributed by atoms with E-state index in [1.807, 2.05) is 49.4 Å². The van der Waals surface area contributed by atoms with Crippen LogP contribution >= 0.6 is 0 Å². The second kappa shape index (κ2) is 14.6. The Bertz CT molecular complexity index is 1360. The van der Waals surface area contributed by atoms with Crippen LogP contribution in [0.4, 0.5) is 0 Å². The van der Waals surface area contributed by atoms with E-state index < -0.39 is 42.1 Å². The van der Waals surface area contributed by atoms with Crippen LogP contribution in [0, 0.1) is 5.92 Å². The average Bonchev–Trinajstić information content (AvgIpc) is 2.99. The van der Waals surface area contributed by atoms with Crippen molar-refractivity contribution in [2.75, 3.05) is 6.54 Å². The van der Waals surface area contributed by atoms with E-state index in [1.165, 1.54) is 5.01 Å². The van der Waals surface area contributed by atoms with E-state index in [0.717, 1.165) is 16.5 Å². The van der Waals surface area contributed by atoms with Crippen LogP contribution in [-0.2, 0) is 23.9 Å². The molecule has 3 amide bonds. The van der Waals surface area contributed by atoms with Crippen LogP contribution in [0.5, 0.6) is 0 Å². The van der Waals surface area contributed by atoms with E-state index in [1.54, 1.807) is 20.8 Å². The molecule has 2 aromatic rings. The van der Waals surface area contributed by atoms with Gasteiger partial charge in [-0.2, -0.15) is 0 Å². The van der Waals surface area contributed by atoms with Crippen molar-refractivity contribution in [1.82, 2.24) is 26.1 Å². The number of nitrogens with one attached hydrogen (secondary N) is 3. The number of esters is 1. The molecule has 4 N–H and O–H groups in total. The third-order valence-electron chi connectivity index (χ3n) is 7.82. The first-order valence-electron chi connectivity index (χ1n) is 15.1. The fourth-order valence-corrected chi connectivity index (χ4v) is 5.24. The molecule has 0 aliphatic carbocycles. The lowest BCUT2D eigenvalue weighted by Crippen LogP contribution is -2.61. The zero-order chi connectivity index (χ0) is 31.1. The molecule has 1 fully saturated rings. The number of aromatic nitrogens is 1. The molecule has 0 radical (unpaired) electrons. The standard InChI is InChI=1S/C32H43N5O6/c1-19(2)29-31(41)34-21(4)32(42)37-17-7-10-26(36-37)30(40)33-20(3)25-15-13-23-12-11-22(18-27(23)35-25)8-5-6-9-24(38)14-16-28(39)43-29/h5,8,11-13,15,18-21,24,26,29,36,38H,6-7,9-10,14,16-17H2,1-4H3,(H,33,40)(H,34,41)/b8-5+/t20-,21+,24+,26+,29+/m1/s1. The number of amides is 3. The molecule has 0 saturated carbocycles. The summed E-state index contributed by atoms with van der Waals surface area (Å²) in [6.07, 6.45) is 4.56. The zero-order valence-corrected chi connectivity index (χ0v) is 25.3. The van der Waals surface area contributed by atoms with Crippen molar-refractivity contribution in [3.63, 3.8) is 0 Å². The van der Waals surface area contributed by atoms with Gasteiger partial charge in [0.2, 0.25) is 5.91 Å². The molecule has 1 aromatic carbocycles. The fourth-order valence-electron chi connectivity index (χ4n) is 5.24. The summed E-state index contributed by atoms with van der Waals surface area (Å²) >= 11 is 0. The summed E-state index contributed by atoms with van der Waals surface area (Å²) in [7, 11) is 0. The summed E-state index contributed by atoms with van der Waals surface area (Å²) in [6.45, 7) is 7.31. The van der Waals surface area contributed by atoms with Gasteiger partial charge in [0.05, 0.1) is 23.4 Å². The number of hydrogen-bond donors (Lipinski definition) is 4. The number of rotatable bonds is 1. The van der Waals surface area contributed by atoms with E-state index in [0.29, 0.717) is 37.9 Å². The molecule has 11 heteroatoms. The highest BCUT2D eigenvalue weighted by Crippen LogP contribution is 2.20. The first-order valence-corrected chi connectivity index (χ1v) is 15.1. The molecule has 5 atom stereocenters. The third-order valence-corrected chi connectivity index (χ3v) is 7.82. The number of benzene rings is 1. The second-order valence-electron chi connectivity index (χ2n) is 11.8. The Hall–Kier alpha value is -3.83. The molecule has 43 heavy (non-hydrogen) atoms. The van der Waals surface area contributed by atoms with Gasteiger partial charge in [-0.1, -0.05) is 44.2 Å². The second-order valence-corrected chi connectivity index (χ2v) is 11.8. The summed E-state index contributed by atoms with van der Waals surface area (Å²) in [6, 6.07) is 7.91. The first-order chi connectivity index (χ1) is 20.5. The Labute approximate surface area is 252 Å². The Morgan fingerprint density at radius 2 is 1.72 bits per heavy atom. The van der Waals surface area contributed by atoms with Crippen LogP contribution in [0.1, 0.15) is 83.5 Å². The zero-order valence-electron chi connectivity index (χ0n) is 25.3. The van der Waals surface area contributed by atoms with Crippen molar-refractivity contribution >= 4 is 40.7 Å². The molecule has 0 unspecified atom stereocenters. The number of aliphatic hydroxyl groups excluding tert-OH is 1. The van der Waals surface area contributed by atoms with Crippen molar-refractivity contribution in [1.29, 1.82) is 0 Å². The molecule has 1 aromatic heterocycles. The highest BCUT2D eigenvalue weighted by Gasteiger charge is 2.33. The van der Waals surface area contributed by atoms with Crippen LogP contribution in [-0.4, -0.2) is 69.6 Å². The lowest BCUT2D eigenvalue weighted by atomic mass is 10.1. The van der Waals surface area contributed by atoms with Crippen LogP contribution < -0.4 is 16.1 Å². The van der Waals surface area contributed by atoms with Crippen LogP contribution in [0.25, 0.3) is 17.0 Å². The molecular formula is C32H43N5O6. The molecule has 11 nitrogen and oxygen atoms in total. The Balaban J connectivity index is 1.55. The SMILES string of the molecule is CC(C)[C@@H]1OC(=O)CC[C@@H](O)CC/C=C/c2ccc3ccc(nc3c2)[C@@H](C)NC(=O)[C@@H]2CCCN(N2)C(=O)[C@H](C)NC1=O. The van der Waals surface area contributed by atoms with Crippen LogP contribution in [0.2, 0.25) is 0 Å². The van der Waals surface area contributed by atoms with E-state index in [-0.39, 0.29) is 30.7 Å². The summed E-state index contributed by atoms with van der Waals surface area (Å²) in [5.74, 6) is -2.15. The monoisotopic (exact) mass is 593 g/mol. The topological polar surface area (TPSA) is 150 Å². The van der Waals surface area contributed by atoms with Gasteiger partial charge in [-0.15, -0.1) is 0 Å². The van der Waals surface area contributed by atoms with Gasteiger partial charge in [0, 0.05) is 18.4 Å². The van der Waals surface area contributed by atoms with Crippen molar-refractivity contribution in [2.45, 2.75) is 96.6 Å². The molecule has 1 saturated heterocycles. The summed E-state index contributed by atoms with van der Waals surface area (Å²) in [5, 5.41) is 18.4. The van der Waals surface area contributed by atoms with E-state index >= 15 is 0 Å². The highest BCUT2D eigenvalue weighted by molar-refractivity contribution is 5.90. The van der Waals surface area contributed by atoms with Gasteiger partial charge in [-0.25, -0.2) is 5.43 Å². The maximum absolute atomic E-state index is 13.2. The fraction of sp³-hybridized carbons (Fsp3) is 0.531. The summed E-state index contributed by atoms with van der Waals surface area (Å²) < 4.78 is 5.47. The van der Waals surface area contributed by atoms with E-state index in [9.17, 15) is 24.3 Å². The number of nitrogens with zero attached hydrogens (tertiary/aromatic N) is 2. The normalized spacial score (nSPS) is 27.8. The van der Waals surface area contributed by atoms with Crippen LogP contribution in [0.3, 0.4) is 0 Å². The molecular weight excluding hydrogens is 550 g/mol. The van der Waals surface area contributed by atoms with Gasteiger partial charge in [0.15, 0.2) is 6.10 Å². The highest BCUT2D eigenvalue weighted by atomic mass is 16.5. The Morgan fingerprint density at radius 3 is 2.49 bits per heavy atom. The lowest BCUT2D eigenvalue weighted by Gasteiger charge is -2.35. The number of carbonyl (C=O) groups is 4. The predicted octanol–water partition coefficient (Wildman–Crippen LogP) is 2.93. The number of fused-ring (bicyclic) bond motifs is 4. The molecule has 2 aliphatic heterocycles. The molecule has 2 aliphatic rings. The maximum atomic E-state index is 13.2. The number of cyclic esters (lactones) is 1. The Kier molecular flexibility index (Phi) is 10.9. The minimum Gasteiger partial charge on any atom is -0.452 e. The van der Waals surface area contributed by atoms with Gasteiger partial charge in [0.25, 0.3) is 11.8 Å². The largest absolute Gasteiger partial charge is 0.452 e. The Morgan fingerprint density at radius 1 is 0.977 bits per heavy atom. The van der Waals surface area contributed by atoms with E-state index in [2.05, 4.69) is 16.1 Å². The number of allylic oxidation sites excluding steroid dienone is 1. The lowest BCUT2D eigenvalue weighted by molar-refractivity contribution is -0.160. The van der Waals surface area contributed by atoms with Gasteiger partial charge in [-0.05, 0) is 69.6 Å². The molecule has 0 spiro atoms. The van der Waals surface area contributed by atoms with Crippen molar-refractivity contribution in [3.05, 3.63) is 47.7 Å². The van der Waals surface area contributed by atoms with Crippen LogP contribution in [0.15, 0.2) is 36.4 Å². The van der Waals surface area contributed by atoms with Crippen molar-refractivity contribution in [3.8, 4) is 0 Å². The summed E-state index contributed by atoms with van der Waals surface area (Å²) in [4.78, 5) is 56.8. The predicted molar refractivity (Wildman–Crippen MR) is 162 cm³/mol. The quantitative estimate of drug-likeness (QED) is 0.369. The average molecular weight is 594 g/mol. The maximum Gasteiger partial charge on any atom is 0.306 e. The third kappa shape index (κ3) is 8.61. The smallest absolute Gasteiger partial charge is 0.306 e. The molecule has 232 valence electrons. The van der Waals surface area contributed by atoms with Gasteiger partial charge in [0.1, 0.15) is 12.1 Å². The van der Waals surface area contributed by atoms with Gasteiger partial charge in [-0.3, -0.25) is 29.2 Å². The number of aliphatic hydroxyl groups is 1. The number of hydrazine groups is 1. The number of carbonyl (C=O) groups excluding carboxylic acids is 4. The molecule has 5 bridgehead atoms.